The fourth-order valence-corrected chi connectivity index (χ4v) is 3.16. The minimum absolute atomic E-state index is 0.0607. The molecule has 0 radical (unpaired) electrons. The largest absolute Gasteiger partial charge is 0.490 e. The van der Waals surface area contributed by atoms with Crippen LogP contribution in [-0.4, -0.2) is 49.6 Å². The van der Waals surface area contributed by atoms with Crippen LogP contribution in [0, 0.1) is 10.1 Å². The second-order valence-electron chi connectivity index (χ2n) is 5.91. The summed E-state index contributed by atoms with van der Waals surface area (Å²) in [6.45, 7) is 0.711. The topological polar surface area (TPSA) is 137 Å². The van der Waals surface area contributed by atoms with Gasteiger partial charge in [-0.1, -0.05) is 6.07 Å². The van der Waals surface area contributed by atoms with Gasteiger partial charge >= 0.3 is 5.69 Å². The molecule has 156 valence electrons. The zero-order chi connectivity index (χ0) is 21.3. The van der Waals surface area contributed by atoms with E-state index in [2.05, 4.69) is 25.8 Å². The molecule has 3 rings (SSSR count). The summed E-state index contributed by atoms with van der Waals surface area (Å²) in [6.07, 6.45) is 6.47. The highest BCUT2D eigenvalue weighted by atomic mass is 32.2. The van der Waals surface area contributed by atoms with E-state index in [9.17, 15) is 14.9 Å². The van der Waals surface area contributed by atoms with Crippen molar-refractivity contribution >= 4 is 29.2 Å². The summed E-state index contributed by atoms with van der Waals surface area (Å²) in [5.41, 5.74) is 1.17. The number of nitrogens with zero attached hydrogens (tertiary/aromatic N) is 5. The van der Waals surface area contributed by atoms with Gasteiger partial charge < -0.3 is 15.4 Å². The van der Waals surface area contributed by atoms with E-state index in [0.717, 1.165) is 5.56 Å². The fraction of sp³-hybridized carbons (Fsp3) is 0.222. The minimum Gasteiger partial charge on any atom is -0.490 e. The number of ether oxygens (including phenoxy) is 1. The Morgan fingerprint density at radius 3 is 2.77 bits per heavy atom. The van der Waals surface area contributed by atoms with Gasteiger partial charge in [0.25, 0.3) is 5.91 Å². The maximum absolute atomic E-state index is 12.7. The number of nitro benzene ring substituents is 1. The lowest BCUT2D eigenvalue weighted by atomic mass is 10.1. The first-order valence-corrected chi connectivity index (χ1v) is 9.79. The van der Waals surface area contributed by atoms with Crippen molar-refractivity contribution in [3.63, 3.8) is 0 Å². The van der Waals surface area contributed by atoms with Crippen LogP contribution in [0.5, 0.6) is 5.75 Å². The lowest BCUT2D eigenvalue weighted by Crippen LogP contribution is -2.27. The number of carbonyl (C=O) groups is 1. The second kappa shape index (κ2) is 10.2. The molecule has 0 aliphatic carbocycles. The molecule has 2 aromatic heterocycles. The van der Waals surface area contributed by atoms with Crippen LogP contribution in [0.25, 0.3) is 0 Å². The minimum atomic E-state index is -0.584. The molecule has 1 amide bonds. The molecule has 12 heteroatoms. The molecule has 0 unspecified atom stereocenters. The number of methoxy groups -OCH3 is 1. The van der Waals surface area contributed by atoms with Gasteiger partial charge in [0.1, 0.15) is 0 Å². The summed E-state index contributed by atoms with van der Waals surface area (Å²) in [6, 6.07) is 6.34. The number of anilines is 1. The SMILES string of the molecule is COc1cc(NCc2cccnc2)c(C(=O)NCCSn2nccn2)cc1[N+](=O)[O-]. The van der Waals surface area contributed by atoms with Crippen LogP contribution >= 0.6 is 11.9 Å². The smallest absolute Gasteiger partial charge is 0.311 e. The molecule has 0 atom stereocenters. The quantitative estimate of drug-likeness (QED) is 0.282. The summed E-state index contributed by atoms with van der Waals surface area (Å²) in [4.78, 5) is 27.6. The molecule has 30 heavy (non-hydrogen) atoms. The Bertz CT molecular complexity index is 999. The van der Waals surface area contributed by atoms with Crippen LogP contribution in [0.1, 0.15) is 15.9 Å². The molecule has 0 saturated carbocycles. The first-order valence-electron chi connectivity index (χ1n) is 8.85. The average Bonchev–Trinajstić information content (AvgIpc) is 3.28. The number of pyridine rings is 1. The molecule has 3 aromatic rings. The molecule has 2 heterocycles. The van der Waals surface area contributed by atoms with Gasteiger partial charge in [0, 0.05) is 43.4 Å². The van der Waals surface area contributed by atoms with Gasteiger partial charge in [-0.25, -0.2) is 0 Å². The van der Waals surface area contributed by atoms with E-state index < -0.39 is 10.8 Å². The van der Waals surface area contributed by atoms with E-state index in [0.29, 0.717) is 24.5 Å². The number of nitro groups is 1. The number of rotatable bonds is 10. The van der Waals surface area contributed by atoms with Gasteiger partial charge in [0.05, 0.1) is 35.7 Å². The molecule has 0 bridgehead atoms. The number of hydrogen-bond donors (Lipinski definition) is 2. The van der Waals surface area contributed by atoms with Crippen molar-refractivity contribution in [3.8, 4) is 5.75 Å². The molecule has 0 saturated heterocycles. The van der Waals surface area contributed by atoms with E-state index >= 15 is 0 Å². The number of hydrogen-bond acceptors (Lipinski definition) is 9. The first-order chi connectivity index (χ1) is 14.6. The standard InChI is InChI=1S/C18H19N7O4S/c1-29-17-10-15(21-12-13-3-2-4-19-11-13)14(9-16(17)24(27)28)18(26)20-7-8-30-25-22-5-6-23-25/h2-6,9-11,21H,7-8,12H2,1H3,(H,20,26). The Kier molecular flexibility index (Phi) is 7.16. The average molecular weight is 429 g/mol. The fourth-order valence-electron chi connectivity index (χ4n) is 2.57. The molecular formula is C18H19N7O4S. The van der Waals surface area contributed by atoms with Crippen LogP contribution in [0.4, 0.5) is 11.4 Å². The van der Waals surface area contributed by atoms with Gasteiger partial charge in [0.15, 0.2) is 5.75 Å². The number of aromatic nitrogens is 4. The normalized spacial score (nSPS) is 10.4. The molecule has 0 aliphatic rings. The predicted octanol–water partition coefficient (Wildman–Crippen LogP) is 2.13. The summed E-state index contributed by atoms with van der Waals surface area (Å²) < 4.78 is 6.56. The summed E-state index contributed by atoms with van der Waals surface area (Å²) in [7, 11) is 1.34. The molecule has 0 fully saturated rings. The van der Waals surface area contributed by atoms with Crippen LogP contribution in [-0.2, 0) is 6.54 Å². The molecule has 2 N–H and O–H groups in total. The highest BCUT2D eigenvalue weighted by molar-refractivity contribution is 7.97. The van der Waals surface area contributed by atoms with Crippen molar-refractivity contribution in [1.29, 1.82) is 0 Å². The van der Waals surface area contributed by atoms with Crippen molar-refractivity contribution in [1.82, 2.24) is 24.7 Å². The molecule has 0 aliphatic heterocycles. The van der Waals surface area contributed by atoms with Gasteiger partial charge in [0.2, 0.25) is 0 Å². The van der Waals surface area contributed by atoms with Gasteiger partial charge in [-0.05, 0) is 23.6 Å². The molecule has 0 spiro atoms. The van der Waals surface area contributed by atoms with Crippen molar-refractivity contribution in [2.75, 3.05) is 24.7 Å². The third kappa shape index (κ3) is 5.44. The zero-order valence-electron chi connectivity index (χ0n) is 16.0. The van der Waals surface area contributed by atoms with Crippen LogP contribution in [0.2, 0.25) is 0 Å². The summed E-state index contributed by atoms with van der Waals surface area (Å²) in [5.74, 6) is 0.144. The van der Waals surface area contributed by atoms with Gasteiger partial charge in [-0.3, -0.25) is 19.9 Å². The summed E-state index contributed by atoms with van der Waals surface area (Å²) >= 11 is 1.32. The Morgan fingerprint density at radius 1 is 1.30 bits per heavy atom. The molecule has 11 nitrogen and oxygen atoms in total. The van der Waals surface area contributed by atoms with Crippen LogP contribution in [0.3, 0.4) is 0 Å². The lowest BCUT2D eigenvalue weighted by Gasteiger charge is -2.14. The Labute approximate surface area is 176 Å². The van der Waals surface area contributed by atoms with E-state index in [4.69, 9.17) is 4.74 Å². The van der Waals surface area contributed by atoms with Crippen molar-refractivity contribution in [2.45, 2.75) is 6.54 Å². The van der Waals surface area contributed by atoms with Crippen molar-refractivity contribution < 1.29 is 14.5 Å². The van der Waals surface area contributed by atoms with Crippen molar-refractivity contribution in [2.24, 2.45) is 0 Å². The first kappa shape index (κ1) is 21.0. The van der Waals surface area contributed by atoms with Crippen LogP contribution < -0.4 is 15.4 Å². The van der Waals surface area contributed by atoms with Crippen molar-refractivity contribution in [3.05, 3.63) is 70.3 Å². The second-order valence-corrected chi connectivity index (χ2v) is 6.91. The lowest BCUT2D eigenvalue weighted by molar-refractivity contribution is -0.385. The summed E-state index contributed by atoms with van der Waals surface area (Å²) in [5, 5.41) is 25.2. The molecular weight excluding hydrogens is 410 g/mol. The zero-order valence-corrected chi connectivity index (χ0v) is 16.8. The van der Waals surface area contributed by atoms with E-state index in [1.807, 2.05) is 6.07 Å². The number of nitrogens with one attached hydrogen (secondary N) is 2. The maximum Gasteiger partial charge on any atom is 0.311 e. The monoisotopic (exact) mass is 429 g/mol. The Hall–Kier alpha value is -3.67. The number of amides is 1. The van der Waals surface area contributed by atoms with Gasteiger partial charge in [-0.15, -0.1) is 4.20 Å². The van der Waals surface area contributed by atoms with E-state index in [1.54, 1.807) is 30.9 Å². The maximum atomic E-state index is 12.7. The third-order valence-corrected chi connectivity index (χ3v) is 4.76. The molecule has 1 aromatic carbocycles. The highest BCUT2D eigenvalue weighted by Gasteiger charge is 2.22. The van der Waals surface area contributed by atoms with E-state index in [-0.39, 0.29) is 17.0 Å². The van der Waals surface area contributed by atoms with Crippen LogP contribution in [0.15, 0.2) is 49.1 Å². The highest BCUT2D eigenvalue weighted by Crippen LogP contribution is 2.33. The number of benzene rings is 1. The Balaban J connectivity index is 1.75. The Morgan fingerprint density at radius 2 is 2.10 bits per heavy atom. The number of carbonyl (C=O) groups excluding carboxylic acids is 1. The van der Waals surface area contributed by atoms with Gasteiger partial charge in [-0.2, -0.15) is 10.2 Å². The third-order valence-electron chi connectivity index (χ3n) is 3.96. The van der Waals surface area contributed by atoms with E-state index in [1.165, 1.54) is 35.4 Å². The predicted molar refractivity (Wildman–Crippen MR) is 111 cm³/mol.